The molecule has 0 radical (unpaired) electrons. The molecule has 0 aromatic heterocycles. The maximum absolute atomic E-state index is 10.9. The van der Waals surface area contributed by atoms with Gasteiger partial charge >= 0.3 is 5.97 Å². The number of carbonyl (C=O) groups is 1. The third kappa shape index (κ3) is 7.83. The summed E-state index contributed by atoms with van der Waals surface area (Å²) in [5, 5.41) is 8.94. The van der Waals surface area contributed by atoms with Crippen LogP contribution in [0.25, 0.3) is 0 Å². The van der Waals surface area contributed by atoms with E-state index in [4.69, 9.17) is 5.11 Å². The van der Waals surface area contributed by atoms with Gasteiger partial charge in [0.15, 0.2) is 0 Å². The van der Waals surface area contributed by atoms with Crippen molar-refractivity contribution in [2.45, 2.75) is 64.3 Å². The molecule has 1 fully saturated rings. The van der Waals surface area contributed by atoms with Crippen molar-refractivity contribution >= 4 is 17.7 Å². The van der Waals surface area contributed by atoms with Crippen molar-refractivity contribution in [1.29, 1.82) is 0 Å². The highest BCUT2D eigenvalue weighted by atomic mass is 32.2. The monoisotopic (exact) mass is 287 g/mol. The van der Waals surface area contributed by atoms with Gasteiger partial charge in [0.1, 0.15) is 0 Å². The Balaban J connectivity index is 2.09. The Labute approximate surface area is 122 Å². The normalized spacial score (nSPS) is 20.6. The van der Waals surface area contributed by atoms with E-state index in [1.807, 2.05) is 11.8 Å². The Bertz CT molecular complexity index is 248. The summed E-state index contributed by atoms with van der Waals surface area (Å²) in [6, 6.07) is 0.261. The van der Waals surface area contributed by atoms with E-state index in [0.29, 0.717) is 6.42 Å². The Kier molecular flexibility index (Phi) is 9.35. The van der Waals surface area contributed by atoms with Crippen LogP contribution in [0.5, 0.6) is 0 Å². The van der Waals surface area contributed by atoms with Gasteiger partial charge in [-0.1, -0.05) is 45.4 Å². The maximum atomic E-state index is 10.9. The lowest BCUT2D eigenvalue weighted by atomic mass is 10.1. The molecule has 0 amide bonds. The molecule has 1 heterocycles. The number of aliphatic carboxylic acids is 1. The molecule has 3 nitrogen and oxygen atoms in total. The van der Waals surface area contributed by atoms with Gasteiger partial charge in [-0.15, -0.1) is 0 Å². The number of unbranched alkanes of at least 4 members (excludes halogenated alkanes) is 6. The highest BCUT2D eigenvalue weighted by Crippen LogP contribution is 2.19. The largest absolute Gasteiger partial charge is 0.481 e. The molecule has 1 aliphatic rings. The highest BCUT2D eigenvalue weighted by Gasteiger charge is 2.24. The second kappa shape index (κ2) is 10.6. The number of thioether (sulfide) groups is 1. The molecule has 4 heteroatoms. The van der Waals surface area contributed by atoms with E-state index in [1.54, 1.807) is 0 Å². The fourth-order valence-corrected chi connectivity index (χ4v) is 3.78. The molecule has 112 valence electrons. The summed E-state index contributed by atoms with van der Waals surface area (Å²) in [4.78, 5) is 13.3. The second-order valence-corrected chi connectivity index (χ2v) is 6.63. The Morgan fingerprint density at radius 2 is 1.89 bits per heavy atom. The summed E-state index contributed by atoms with van der Waals surface area (Å²) in [5.74, 6) is 1.49. The Morgan fingerprint density at radius 1 is 1.21 bits per heavy atom. The lowest BCUT2D eigenvalue weighted by Gasteiger charge is -2.34. The van der Waals surface area contributed by atoms with Crippen LogP contribution < -0.4 is 0 Å². The molecule has 1 N–H and O–H groups in total. The topological polar surface area (TPSA) is 40.5 Å². The first-order valence-corrected chi connectivity index (χ1v) is 8.93. The van der Waals surface area contributed by atoms with Crippen molar-refractivity contribution in [2.75, 3.05) is 24.6 Å². The summed E-state index contributed by atoms with van der Waals surface area (Å²) >= 11 is 1.90. The van der Waals surface area contributed by atoms with E-state index in [9.17, 15) is 4.79 Å². The lowest BCUT2D eigenvalue weighted by molar-refractivity contribution is -0.138. The Morgan fingerprint density at radius 3 is 2.58 bits per heavy atom. The zero-order valence-corrected chi connectivity index (χ0v) is 13.1. The van der Waals surface area contributed by atoms with Gasteiger partial charge in [0.2, 0.25) is 0 Å². The molecule has 1 atom stereocenters. The van der Waals surface area contributed by atoms with Crippen LogP contribution >= 0.6 is 11.8 Å². The molecular weight excluding hydrogens is 258 g/mol. The highest BCUT2D eigenvalue weighted by molar-refractivity contribution is 7.99. The summed E-state index contributed by atoms with van der Waals surface area (Å²) in [6.07, 6.45) is 9.59. The van der Waals surface area contributed by atoms with Crippen LogP contribution in [0.3, 0.4) is 0 Å². The van der Waals surface area contributed by atoms with Crippen molar-refractivity contribution < 1.29 is 9.90 Å². The summed E-state index contributed by atoms with van der Waals surface area (Å²) < 4.78 is 0. The van der Waals surface area contributed by atoms with Crippen molar-refractivity contribution in [3.8, 4) is 0 Å². The molecule has 0 aromatic carbocycles. The average Bonchev–Trinajstić information content (AvgIpc) is 2.39. The van der Waals surface area contributed by atoms with E-state index < -0.39 is 5.97 Å². The molecule has 0 aromatic rings. The van der Waals surface area contributed by atoms with Gasteiger partial charge in [-0.2, -0.15) is 11.8 Å². The standard InChI is InChI=1S/C15H29NO2S/c1-2-3-4-5-6-7-8-9-16-10-11-19-13-14(16)12-15(17)18/h14H,2-13H2,1H3,(H,17,18). The van der Waals surface area contributed by atoms with Crippen molar-refractivity contribution in [3.05, 3.63) is 0 Å². The van der Waals surface area contributed by atoms with Crippen LogP contribution in [-0.4, -0.2) is 46.6 Å². The fourth-order valence-electron chi connectivity index (χ4n) is 2.65. The van der Waals surface area contributed by atoms with Gasteiger partial charge in [0, 0.05) is 24.1 Å². The zero-order chi connectivity index (χ0) is 13.9. The van der Waals surface area contributed by atoms with Gasteiger partial charge in [-0.25, -0.2) is 0 Å². The molecule has 1 saturated heterocycles. The number of carboxylic acids is 1. The smallest absolute Gasteiger partial charge is 0.304 e. The molecule has 1 unspecified atom stereocenters. The summed E-state index contributed by atoms with van der Waals surface area (Å²) in [5.41, 5.74) is 0. The quantitative estimate of drug-likeness (QED) is 0.623. The van der Waals surface area contributed by atoms with Crippen molar-refractivity contribution in [1.82, 2.24) is 4.90 Å². The van der Waals surface area contributed by atoms with Gasteiger partial charge in [0.05, 0.1) is 6.42 Å². The van der Waals surface area contributed by atoms with Gasteiger partial charge < -0.3 is 5.11 Å². The molecule has 0 spiro atoms. The minimum absolute atomic E-state index is 0.261. The number of nitrogens with zero attached hydrogens (tertiary/aromatic N) is 1. The third-order valence-electron chi connectivity index (χ3n) is 3.81. The van der Waals surface area contributed by atoms with Crippen LogP contribution in [0.1, 0.15) is 58.3 Å². The van der Waals surface area contributed by atoms with Crippen molar-refractivity contribution in [2.24, 2.45) is 0 Å². The van der Waals surface area contributed by atoms with Crippen molar-refractivity contribution in [3.63, 3.8) is 0 Å². The Hall–Kier alpha value is -0.220. The van der Waals surface area contributed by atoms with Crippen LogP contribution in [0.4, 0.5) is 0 Å². The minimum atomic E-state index is -0.655. The van der Waals surface area contributed by atoms with Gasteiger partial charge in [0.25, 0.3) is 0 Å². The van der Waals surface area contributed by atoms with E-state index in [0.717, 1.165) is 24.6 Å². The van der Waals surface area contributed by atoms with Crippen LogP contribution in [0, 0.1) is 0 Å². The first kappa shape index (κ1) is 16.8. The first-order valence-electron chi connectivity index (χ1n) is 7.77. The fraction of sp³-hybridized carbons (Fsp3) is 0.933. The summed E-state index contributed by atoms with van der Waals surface area (Å²) in [7, 11) is 0. The minimum Gasteiger partial charge on any atom is -0.481 e. The lowest BCUT2D eigenvalue weighted by Crippen LogP contribution is -2.43. The van der Waals surface area contributed by atoms with E-state index >= 15 is 0 Å². The molecule has 0 aliphatic carbocycles. The molecule has 0 bridgehead atoms. The SMILES string of the molecule is CCCCCCCCCN1CCSCC1CC(=O)O. The predicted molar refractivity (Wildman–Crippen MR) is 82.9 cm³/mol. The van der Waals surface area contributed by atoms with E-state index in [2.05, 4.69) is 11.8 Å². The van der Waals surface area contributed by atoms with E-state index in [-0.39, 0.29) is 6.04 Å². The number of rotatable bonds is 10. The van der Waals surface area contributed by atoms with E-state index in [1.165, 1.54) is 44.9 Å². The first-order chi connectivity index (χ1) is 9.24. The predicted octanol–water partition coefficient (Wildman–Crippen LogP) is 3.63. The van der Waals surface area contributed by atoms with Crippen LogP contribution in [0.2, 0.25) is 0 Å². The third-order valence-corrected chi connectivity index (χ3v) is 4.90. The molecular formula is C15H29NO2S. The molecule has 1 rings (SSSR count). The number of carboxylic acid groups (broad SMARTS) is 1. The number of hydrogen-bond donors (Lipinski definition) is 1. The molecule has 19 heavy (non-hydrogen) atoms. The maximum Gasteiger partial charge on any atom is 0.304 e. The van der Waals surface area contributed by atoms with Gasteiger partial charge in [-0.05, 0) is 13.0 Å². The average molecular weight is 287 g/mol. The zero-order valence-electron chi connectivity index (χ0n) is 12.3. The van der Waals surface area contributed by atoms with Crippen LogP contribution in [0.15, 0.2) is 0 Å². The summed E-state index contributed by atoms with van der Waals surface area (Å²) in [6.45, 7) is 4.40. The molecule has 1 aliphatic heterocycles. The van der Waals surface area contributed by atoms with Gasteiger partial charge in [-0.3, -0.25) is 9.69 Å². The second-order valence-electron chi connectivity index (χ2n) is 5.48. The number of hydrogen-bond acceptors (Lipinski definition) is 3. The molecule has 0 saturated carbocycles. The van der Waals surface area contributed by atoms with Crippen LogP contribution in [-0.2, 0) is 4.79 Å².